The highest BCUT2D eigenvalue weighted by atomic mass is 19.1. The molecule has 0 unspecified atom stereocenters. The molecule has 0 spiro atoms. The van der Waals surface area contributed by atoms with Crippen molar-refractivity contribution in [2.24, 2.45) is 7.05 Å². The van der Waals surface area contributed by atoms with Gasteiger partial charge in [0.25, 0.3) is 0 Å². The molecule has 0 fully saturated rings. The second kappa shape index (κ2) is 4.30. The maximum atomic E-state index is 13.3. The number of benzene rings is 1. The summed E-state index contributed by atoms with van der Waals surface area (Å²) in [6.07, 6.45) is 1.63. The van der Waals surface area contributed by atoms with Gasteiger partial charge in [-0.25, -0.2) is 8.78 Å². The molecule has 2 aromatic rings. The molecule has 0 saturated carbocycles. The fourth-order valence-electron chi connectivity index (χ4n) is 1.41. The molecule has 5 heteroatoms. The Hall–Kier alpha value is -1.91. The van der Waals surface area contributed by atoms with Gasteiger partial charge >= 0.3 is 0 Å². The summed E-state index contributed by atoms with van der Waals surface area (Å²) in [7, 11) is 1.77. The summed E-state index contributed by atoms with van der Waals surface area (Å²) < 4.78 is 27.8. The SMILES string of the molecule is Cn1nccc1NCc1cc(F)ccc1F. The molecule has 0 aliphatic rings. The van der Waals surface area contributed by atoms with E-state index in [0.29, 0.717) is 5.56 Å². The van der Waals surface area contributed by atoms with Crippen molar-refractivity contribution in [1.82, 2.24) is 9.78 Å². The number of aromatic nitrogens is 2. The zero-order chi connectivity index (χ0) is 11.5. The van der Waals surface area contributed by atoms with Gasteiger partial charge in [0.05, 0.1) is 6.20 Å². The highest BCUT2D eigenvalue weighted by molar-refractivity contribution is 5.35. The topological polar surface area (TPSA) is 29.9 Å². The molecule has 1 heterocycles. The second-order valence-corrected chi connectivity index (χ2v) is 3.43. The molecular formula is C11H11F2N3. The first-order chi connectivity index (χ1) is 7.66. The molecular weight excluding hydrogens is 212 g/mol. The molecule has 1 N–H and O–H groups in total. The van der Waals surface area contributed by atoms with E-state index in [1.165, 1.54) is 6.07 Å². The first kappa shape index (κ1) is 10.6. The predicted octanol–water partition coefficient (Wildman–Crippen LogP) is 2.31. The molecule has 1 aromatic carbocycles. The highest BCUT2D eigenvalue weighted by Crippen LogP contribution is 2.12. The summed E-state index contributed by atoms with van der Waals surface area (Å²) in [6, 6.07) is 5.16. The van der Waals surface area contributed by atoms with Crippen LogP contribution in [0.25, 0.3) is 0 Å². The number of nitrogens with zero attached hydrogens (tertiary/aromatic N) is 2. The van der Waals surface area contributed by atoms with Crippen LogP contribution in [0.3, 0.4) is 0 Å². The molecule has 2 rings (SSSR count). The van der Waals surface area contributed by atoms with Gasteiger partial charge in [-0.15, -0.1) is 0 Å². The van der Waals surface area contributed by atoms with E-state index in [-0.39, 0.29) is 6.54 Å². The molecule has 1 aromatic heterocycles. The van der Waals surface area contributed by atoms with Crippen molar-refractivity contribution in [1.29, 1.82) is 0 Å². The van der Waals surface area contributed by atoms with Crippen LogP contribution in [0.15, 0.2) is 30.5 Å². The van der Waals surface area contributed by atoms with E-state index in [1.54, 1.807) is 24.0 Å². The average Bonchev–Trinajstić information content (AvgIpc) is 2.66. The molecule has 0 radical (unpaired) electrons. The summed E-state index contributed by atoms with van der Waals surface area (Å²) >= 11 is 0. The van der Waals surface area contributed by atoms with Gasteiger partial charge in [0.1, 0.15) is 17.5 Å². The Morgan fingerprint density at radius 2 is 2.12 bits per heavy atom. The van der Waals surface area contributed by atoms with Crippen LogP contribution in [0.5, 0.6) is 0 Å². The number of anilines is 1. The fourth-order valence-corrected chi connectivity index (χ4v) is 1.41. The average molecular weight is 223 g/mol. The first-order valence-electron chi connectivity index (χ1n) is 4.82. The molecule has 3 nitrogen and oxygen atoms in total. The van der Waals surface area contributed by atoms with Gasteiger partial charge in [0.15, 0.2) is 0 Å². The first-order valence-corrected chi connectivity index (χ1v) is 4.82. The van der Waals surface area contributed by atoms with Crippen molar-refractivity contribution >= 4 is 5.82 Å². The number of nitrogens with one attached hydrogen (secondary N) is 1. The number of hydrogen-bond acceptors (Lipinski definition) is 2. The number of aryl methyl sites for hydroxylation is 1. The van der Waals surface area contributed by atoms with E-state index >= 15 is 0 Å². The Morgan fingerprint density at radius 1 is 1.31 bits per heavy atom. The van der Waals surface area contributed by atoms with Crippen LogP contribution < -0.4 is 5.32 Å². The minimum Gasteiger partial charge on any atom is -0.366 e. The van der Waals surface area contributed by atoms with Crippen molar-refractivity contribution in [3.05, 3.63) is 47.7 Å². The quantitative estimate of drug-likeness (QED) is 0.865. The summed E-state index contributed by atoms with van der Waals surface area (Å²) in [6.45, 7) is 0.225. The monoisotopic (exact) mass is 223 g/mol. The number of rotatable bonds is 3. The van der Waals surface area contributed by atoms with Crippen molar-refractivity contribution < 1.29 is 8.78 Å². The van der Waals surface area contributed by atoms with Crippen molar-refractivity contribution in [3.63, 3.8) is 0 Å². The van der Waals surface area contributed by atoms with Crippen molar-refractivity contribution in [2.45, 2.75) is 6.54 Å². The van der Waals surface area contributed by atoms with Crippen molar-refractivity contribution in [2.75, 3.05) is 5.32 Å². The lowest BCUT2D eigenvalue weighted by Gasteiger charge is -2.07. The van der Waals surface area contributed by atoms with E-state index in [2.05, 4.69) is 10.4 Å². The lowest BCUT2D eigenvalue weighted by Crippen LogP contribution is -2.06. The largest absolute Gasteiger partial charge is 0.366 e. The van der Waals surface area contributed by atoms with Crippen LogP contribution in [0.1, 0.15) is 5.56 Å². The molecule has 0 bridgehead atoms. The Labute approximate surface area is 91.7 Å². The van der Waals surface area contributed by atoms with E-state index in [1.807, 2.05) is 0 Å². The van der Waals surface area contributed by atoms with E-state index in [9.17, 15) is 8.78 Å². The Balaban J connectivity index is 2.10. The molecule has 0 aliphatic carbocycles. The van der Waals surface area contributed by atoms with Gasteiger partial charge in [-0.3, -0.25) is 4.68 Å². The van der Waals surface area contributed by atoms with Crippen LogP contribution in [-0.2, 0) is 13.6 Å². The lowest BCUT2D eigenvalue weighted by molar-refractivity contribution is 0.587. The summed E-state index contributed by atoms with van der Waals surface area (Å²) in [5, 5.41) is 6.93. The molecule has 0 saturated heterocycles. The van der Waals surface area contributed by atoms with Crippen LogP contribution >= 0.6 is 0 Å². The normalized spacial score (nSPS) is 10.4. The van der Waals surface area contributed by atoms with Crippen LogP contribution in [0.2, 0.25) is 0 Å². The lowest BCUT2D eigenvalue weighted by atomic mass is 10.2. The second-order valence-electron chi connectivity index (χ2n) is 3.43. The van der Waals surface area contributed by atoms with Crippen LogP contribution in [0, 0.1) is 11.6 Å². The van der Waals surface area contributed by atoms with Gasteiger partial charge in [0.2, 0.25) is 0 Å². The van der Waals surface area contributed by atoms with Gasteiger partial charge in [-0.2, -0.15) is 5.10 Å². The third-order valence-electron chi connectivity index (χ3n) is 2.29. The highest BCUT2D eigenvalue weighted by Gasteiger charge is 2.04. The minimum absolute atomic E-state index is 0.225. The van der Waals surface area contributed by atoms with Crippen LogP contribution in [-0.4, -0.2) is 9.78 Å². The fraction of sp³-hybridized carbons (Fsp3) is 0.182. The predicted molar refractivity (Wildman–Crippen MR) is 56.9 cm³/mol. The summed E-state index contributed by atoms with van der Waals surface area (Å²) in [4.78, 5) is 0. The summed E-state index contributed by atoms with van der Waals surface area (Å²) in [5.41, 5.74) is 0.293. The molecule has 0 atom stereocenters. The van der Waals surface area contributed by atoms with E-state index in [0.717, 1.165) is 18.0 Å². The van der Waals surface area contributed by atoms with Gasteiger partial charge < -0.3 is 5.32 Å². The van der Waals surface area contributed by atoms with Gasteiger partial charge in [-0.05, 0) is 18.2 Å². The maximum absolute atomic E-state index is 13.3. The molecule has 16 heavy (non-hydrogen) atoms. The van der Waals surface area contributed by atoms with Crippen molar-refractivity contribution in [3.8, 4) is 0 Å². The Kier molecular flexibility index (Phi) is 2.85. The molecule has 0 amide bonds. The van der Waals surface area contributed by atoms with E-state index in [4.69, 9.17) is 0 Å². The minimum atomic E-state index is -0.441. The Morgan fingerprint density at radius 3 is 2.81 bits per heavy atom. The third-order valence-corrected chi connectivity index (χ3v) is 2.29. The summed E-state index contributed by atoms with van der Waals surface area (Å²) in [5.74, 6) is -0.108. The zero-order valence-corrected chi connectivity index (χ0v) is 8.74. The smallest absolute Gasteiger partial charge is 0.128 e. The standard InChI is InChI=1S/C11H11F2N3/c1-16-11(4-5-15-16)14-7-8-6-9(12)2-3-10(8)13/h2-6,14H,7H2,1H3. The number of hydrogen-bond donors (Lipinski definition) is 1. The van der Waals surface area contributed by atoms with E-state index < -0.39 is 11.6 Å². The molecule has 84 valence electrons. The zero-order valence-electron chi connectivity index (χ0n) is 8.74. The van der Waals surface area contributed by atoms with Gasteiger partial charge in [-0.1, -0.05) is 0 Å². The maximum Gasteiger partial charge on any atom is 0.128 e. The Bertz CT molecular complexity index is 494. The van der Waals surface area contributed by atoms with Crippen LogP contribution in [0.4, 0.5) is 14.6 Å². The third kappa shape index (κ3) is 2.18. The van der Waals surface area contributed by atoms with Gasteiger partial charge in [0, 0.05) is 25.2 Å². The molecule has 0 aliphatic heterocycles. The number of halogens is 2.